The van der Waals surface area contributed by atoms with Crippen LogP contribution in [-0.2, 0) is 6.54 Å². The van der Waals surface area contributed by atoms with Gasteiger partial charge >= 0.3 is 6.03 Å². The Kier molecular flexibility index (Phi) is 4.63. The van der Waals surface area contributed by atoms with Gasteiger partial charge in [0.1, 0.15) is 0 Å². The molecular weight excluding hydrogens is 378 g/mol. The van der Waals surface area contributed by atoms with Gasteiger partial charge in [0, 0.05) is 25.7 Å². The number of hydrogen-bond donors (Lipinski definition) is 1. The predicted octanol–water partition coefficient (Wildman–Crippen LogP) is 3.52. The van der Waals surface area contributed by atoms with Crippen molar-refractivity contribution in [3.8, 4) is 11.5 Å². The fourth-order valence-corrected chi connectivity index (χ4v) is 6.53. The summed E-state index contributed by atoms with van der Waals surface area (Å²) in [4.78, 5) is 18.1. The van der Waals surface area contributed by atoms with Crippen molar-refractivity contribution in [3.63, 3.8) is 0 Å². The zero-order chi connectivity index (χ0) is 20.1. The third-order valence-electron chi connectivity index (χ3n) is 7.80. The Bertz CT molecular complexity index is 869. The number of carbonyl (C=O) groups is 1. The summed E-state index contributed by atoms with van der Waals surface area (Å²) in [6, 6.07) is 6.99. The molecule has 6 rings (SSSR count). The highest BCUT2D eigenvalue weighted by Gasteiger charge is 2.46. The molecule has 2 unspecified atom stereocenters. The van der Waals surface area contributed by atoms with Crippen molar-refractivity contribution in [2.24, 2.45) is 11.8 Å². The molecule has 2 bridgehead atoms. The Hall–Kier alpha value is -2.21. The number of urea groups is 1. The molecule has 4 atom stereocenters. The number of nitrogens with one attached hydrogen (secondary N) is 1. The van der Waals surface area contributed by atoms with Gasteiger partial charge < -0.3 is 19.7 Å². The summed E-state index contributed by atoms with van der Waals surface area (Å²) in [5, 5.41) is 3.17. The number of hydrogen-bond acceptors (Lipinski definition) is 4. The Morgan fingerprint density at radius 2 is 2.07 bits per heavy atom. The molecule has 0 aromatic heterocycles. The molecule has 0 radical (unpaired) electrons. The van der Waals surface area contributed by atoms with E-state index in [4.69, 9.17) is 9.47 Å². The molecular formula is C24H31N3O3. The van der Waals surface area contributed by atoms with E-state index in [1.807, 2.05) is 18.2 Å². The van der Waals surface area contributed by atoms with E-state index in [0.717, 1.165) is 49.0 Å². The summed E-state index contributed by atoms with van der Waals surface area (Å²) in [6.07, 6.45) is 10.1. The lowest BCUT2D eigenvalue weighted by molar-refractivity contribution is 0.00788. The molecule has 5 aliphatic rings. The number of piperidine rings is 3. The van der Waals surface area contributed by atoms with E-state index in [1.165, 1.54) is 37.8 Å². The maximum absolute atomic E-state index is 13.2. The summed E-state index contributed by atoms with van der Waals surface area (Å²) in [6.45, 7) is 4.05. The average Bonchev–Trinajstić information content (AvgIpc) is 3.25. The number of rotatable bonds is 2. The van der Waals surface area contributed by atoms with Gasteiger partial charge in [0.2, 0.25) is 6.79 Å². The Balaban J connectivity index is 1.17. The van der Waals surface area contributed by atoms with Crippen LogP contribution in [0.2, 0.25) is 0 Å². The molecule has 4 aliphatic heterocycles. The van der Waals surface area contributed by atoms with Crippen LogP contribution in [0.5, 0.6) is 11.5 Å². The summed E-state index contributed by atoms with van der Waals surface area (Å²) in [5.41, 5.74) is 2.57. The lowest BCUT2D eigenvalue weighted by Crippen LogP contribution is -2.61. The number of benzene rings is 1. The van der Waals surface area contributed by atoms with Crippen molar-refractivity contribution in [2.45, 2.75) is 57.2 Å². The minimum absolute atomic E-state index is 0.0717. The summed E-state index contributed by atoms with van der Waals surface area (Å²) >= 11 is 0. The largest absolute Gasteiger partial charge is 0.454 e. The van der Waals surface area contributed by atoms with E-state index in [0.29, 0.717) is 18.4 Å². The second-order valence-corrected chi connectivity index (χ2v) is 9.55. The van der Waals surface area contributed by atoms with E-state index < -0.39 is 0 Å². The number of ether oxygens (including phenoxy) is 2. The van der Waals surface area contributed by atoms with Gasteiger partial charge in [0.15, 0.2) is 11.5 Å². The third-order valence-corrected chi connectivity index (χ3v) is 7.80. The fraction of sp³-hybridized carbons (Fsp3) is 0.625. The first-order valence-corrected chi connectivity index (χ1v) is 11.6. The quantitative estimate of drug-likeness (QED) is 0.760. The van der Waals surface area contributed by atoms with Gasteiger partial charge in [0.25, 0.3) is 0 Å². The van der Waals surface area contributed by atoms with Crippen LogP contribution in [0.3, 0.4) is 0 Å². The number of amides is 2. The van der Waals surface area contributed by atoms with Crippen LogP contribution in [-0.4, -0.2) is 54.3 Å². The number of likely N-dealkylation sites (tertiary alicyclic amines) is 1. The van der Waals surface area contributed by atoms with Crippen LogP contribution in [0.1, 0.15) is 44.1 Å². The summed E-state index contributed by atoms with van der Waals surface area (Å²) in [5.74, 6) is 2.83. The van der Waals surface area contributed by atoms with Gasteiger partial charge in [-0.15, -0.1) is 0 Å². The SMILES string of the molecule is O=C(NCc1ccc2c(c1)OCO2)N1CCCC2=C[C@@H]3C[C@H](CN4CCCCC34)C21. The highest BCUT2D eigenvalue weighted by molar-refractivity contribution is 5.75. The second kappa shape index (κ2) is 7.49. The van der Waals surface area contributed by atoms with Crippen LogP contribution in [0.25, 0.3) is 0 Å². The molecule has 4 heterocycles. The van der Waals surface area contributed by atoms with Crippen LogP contribution in [0, 0.1) is 11.8 Å². The van der Waals surface area contributed by atoms with Crippen molar-refractivity contribution in [3.05, 3.63) is 35.4 Å². The van der Waals surface area contributed by atoms with Crippen LogP contribution < -0.4 is 14.8 Å². The van der Waals surface area contributed by atoms with Crippen LogP contribution in [0.4, 0.5) is 4.79 Å². The van der Waals surface area contributed by atoms with Crippen LogP contribution in [0.15, 0.2) is 29.8 Å². The van der Waals surface area contributed by atoms with Crippen molar-refractivity contribution < 1.29 is 14.3 Å². The summed E-state index contributed by atoms with van der Waals surface area (Å²) in [7, 11) is 0. The molecule has 6 heteroatoms. The van der Waals surface area contributed by atoms with Crippen molar-refractivity contribution in [1.29, 1.82) is 0 Å². The second-order valence-electron chi connectivity index (χ2n) is 9.55. The smallest absolute Gasteiger partial charge is 0.318 e. The topological polar surface area (TPSA) is 54.0 Å². The van der Waals surface area contributed by atoms with Crippen molar-refractivity contribution in [1.82, 2.24) is 15.1 Å². The van der Waals surface area contributed by atoms with E-state index in [2.05, 4.69) is 21.2 Å². The van der Waals surface area contributed by atoms with Gasteiger partial charge in [0.05, 0.1) is 6.04 Å². The minimum atomic E-state index is 0.0717. The first-order valence-electron chi connectivity index (χ1n) is 11.6. The standard InChI is InChI=1S/C24H31N3O3/c28-24(25-13-16-6-7-21-22(10-16)30-15-29-21)27-9-3-4-17-11-18-12-19(23(17)27)14-26-8-2-1-5-20(18)26/h6-7,10-11,18-20,23H,1-5,8-9,12-15H2,(H,25,28)/t18-,19-,20?,23?/m1/s1. The Morgan fingerprint density at radius 3 is 3.03 bits per heavy atom. The van der Waals surface area contributed by atoms with Crippen molar-refractivity contribution in [2.75, 3.05) is 26.4 Å². The highest BCUT2D eigenvalue weighted by Crippen LogP contribution is 2.45. The highest BCUT2D eigenvalue weighted by atomic mass is 16.7. The molecule has 1 aliphatic carbocycles. The number of fused-ring (bicyclic) bond motifs is 7. The van der Waals surface area contributed by atoms with E-state index >= 15 is 0 Å². The van der Waals surface area contributed by atoms with Gasteiger partial charge in [-0.1, -0.05) is 24.1 Å². The molecule has 3 saturated heterocycles. The zero-order valence-corrected chi connectivity index (χ0v) is 17.5. The zero-order valence-electron chi connectivity index (χ0n) is 17.5. The van der Waals surface area contributed by atoms with Gasteiger partial charge in [-0.25, -0.2) is 4.79 Å². The Morgan fingerprint density at radius 1 is 1.13 bits per heavy atom. The maximum Gasteiger partial charge on any atom is 0.318 e. The lowest BCUT2D eigenvalue weighted by Gasteiger charge is -2.54. The van der Waals surface area contributed by atoms with Gasteiger partial charge in [-0.2, -0.15) is 0 Å². The molecule has 0 saturated carbocycles. The molecule has 0 spiro atoms. The molecule has 2 amide bonds. The first kappa shape index (κ1) is 18.6. The predicted molar refractivity (Wildman–Crippen MR) is 113 cm³/mol. The monoisotopic (exact) mass is 409 g/mol. The Labute approximate surface area is 178 Å². The molecule has 1 aromatic rings. The lowest BCUT2D eigenvalue weighted by atomic mass is 9.68. The van der Waals surface area contributed by atoms with E-state index in [-0.39, 0.29) is 18.9 Å². The normalized spacial score (nSPS) is 32.1. The number of carbonyl (C=O) groups excluding carboxylic acids is 1. The minimum Gasteiger partial charge on any atom is -0.454 e. The van der Waals surface area contributed by atoms with E-state index in [1.54, 1.807) is 0 Å². The first-order chi connectivity index (χ1) is 14.8. The van der Waals surface area contributed by atoms with Gasteiger partial charge in [-0.05, 0) is 68.2 Å². The summed E-state index contributed by atoms with van der Waals surface area (Å²) < 4.78 is 10.8. The molecule has 160 valence electrons. The number of nitrogens with zero attached hydrogens (tertiary/aromatic N) is 2. The van der Waals surface area contributed by atoms with Gasteiger partial charge in [-0.3, -0.25) is 4.90 Å². The van der Waals surface area contributed by atoms with Crippen LogP contribution >= 0.6 is 0 Å². The average molecular weight is 410 g/mol. The van der Waals surface area contributed by atoms with E-state index in [9.17, 15) is 4.79 Å². The molecule has 6 nitrogen and oxygen atoms in total. The molecule has 30 heavy (non-hydrogen) atoms. The fourth-order valence-electron chi connectivity index (χ4n) is 6.53. The maximum atomic E-state index is 13.2. The van der Waals surface area contributed by atoms with Crippen molar-refractivity contribution >= 4 is 6.03 Å². The molecule has 3 fully saturated rings. The third kappa shape index (κ3) is 3.16. The molecule has 1 aromatic carbocycles. The molecule has 1 N–H and O–H groups in total.